The number of nitrogens with zero attached hydrogens (tertiary/aromatic N) is 1. The third-order valence-electron chi connectivity index (χ3n) is 6.24. The van der Waals surface area contributed by atoms with Crippen LogP contribution < -0.4 is 10.9 Å². The molecule has 1 amide bonds. The van der Waals surface area contributed by atoms with Gasteiger partial charge in [-0.3, -0.25) is 9.59 Å². The summed E-state index contributed by atoms with van der Waals surface area (Å²) < 4.78 is 30.1. The Morgan fingerprint density at radius 2 is 1.97 bits per heavy atom. The molecule has 0 unspecified atom stereocenters. The molecular formula is C26H22F2N2O2S. The predicted molar refractivity (Wildman–Crippen MR) is 126 cm³/mol. The van der Waals surface area contributed by atoms with E-state index < -0.39 is 17.3 Å². The number of pyridine rings is 1. The molecule has 1 aliphatic carbocycles. The van der Waals surface area contributed by atoms with Crippen LogP contribution >= 0.6 is 11.3 Å². The molecule has 0 bridgehead atoms. The summed E-state index contributed by atoms with van der Waals surface area (Å²) in [5.74, 6) is -1.20. The van der Waals surface area contributed by atoms with Gasteiger partial charge >= 0.3 is 0 Å². The molecule has 5 rings (SSSR count). The van der Waals surface area contributed by atoms with Crippen molar-refractivity contribution in [2.45, 2.75) is 32.4 Å². The summed E-state index contributed by atoms with van der Waals surface area (Å²) in [5, 5.41) is 7.07. The first-order valence-corrected chi connectivity index (χ1v) is 11.8. The van der Waals surface area contributed by atoms with Crippen LogP contribution in [0.2, 0.25) is 0 Å². The van der Waals surface area contributed by atoms with Gasteiger partial charge in [0.25, 0.3) is 11.5 Å². The molecule has 0 spiro atoms. The Morgan fingerprint density at radius 1 is 1.18 bits per heavy atom. The molecule has 168 valence electrons. The van der Waals surface area contributed by atoms with Crippen LogP contribution in [0.3, 0.4) is 0 Å². The number of carbonyl (C=O) groups excluding carboxylic acids is 1. The van der Waals surface area contributed by atoms with Crippen molar-refractivity contribution in [1.29, 1.82) is 0 Å². The molecule has 0 aliphatic heterocycles. The van der Waals surface area contributed by atoms with Crippen LogP contribution in [0.1, 0.15) is 46.1 Å². The van der Waals surface area contributed by atoms with Crippen LogP contribution in [0.25, 0.3) is 10.8 Å². The van der Waals surface area contributed by atoms with Crippen LogP contribution in [0.4, 0.5) is 8.78 Å². The molecule has 33 heavy (non-hydrogen) atoms. The van der Waals surface area contributed by atoms with Crippen molar-refractivity contribution in [3.63, 3.8) is 0 Å². The number of hydrogen-bond acceptors (Lipinski definition) is 3. The number of aromatic nitrogens is 1. The molecule has 7 heteroatoms. The fourth-order valence-corrected chi connectivity index (χ4v) is 5.09. The zero-order valence-corrected chi connectivity index (χ0v) is 18.8. The largest absolute Gasteiger partial charge is 0.345 e. The Bertz CT molecular complexity index is 1410. The molecule has 4 aromatic rings. The lowest BCUT2D eigenvalue weighted by atomic mass is 9.99. The first kappa shape index (κ1) is 21.5. The summed E-state index contributed by atoms with van der Waals surface area (Å²) >= 11 is 1.51. The monoisotopic (exact) mass is 464 g/mol. The molecule has 1 aliphatic rings. The van der Waals surface area contributed by atoms with Crippen molar-refractivity contribution < 1.29 is 13.6 Å². The van der Waals surface area contributed by atoms with Crippen molar-refractivity contribution >= 4 is 28.0 Å². The van der Waals surface area contributed by atoms with Crippen LogP contribution in [0.15, 0.2) is 64.1 Å². The number of fused-ring (bicyclic) bond motifs is 1. The third kappa shape index (κ3) is 4.09. The highest BCUT2D eigenvalue weighted by Crippen LogP contribution is 2.41. The van der Waals surface area contributed by atoms with Gasteiger partial charge in [-0.25, -0.2) is 8.78 Å². The minimum atomic E-state index is -0.658. The Labute approximate surface area is 193 Å². The maximum absolute atomic E-state index is 14.8. The number of hydrogen-bond donors (Lipinski definition) is 1. The fraction of sp³-hybridized carbons (Fsp3) is 0.231. The van der Waals surface area contributed by atoms with Gasteiger partial charge < -0.3 is 9.88 Å². The lowest BCUT2D eigenvalue weighted by Gasteiger charge is -2.22. The van der Waals surface area contributed by atoms with Gasteiger partial charge in [0.05, 0.1) is 23.5 Å². The van der Waals surface area contributed by atoms with E-state index in [0.717, 1.165) is 18.4 Å². The van der Waals surface area contributed by atoms with Gasteiger partial charge in [-0.05, 0) is 71.8 Å². The number of benzene rings is 2. The molecule has 1 saturated carbocycles. The Morgan fingerprint density at radius 3 is 2.67 bits per heavy atom. The van der Waals surface area contributed by atoms with Crippen molar-refractivity contribution in [3.05, 3.63) is 104 Å². The highest BCUT2D eigenvalue weighted by molar-refractivity contribution is 7.07. The molecular weight excluding hydrogens is 442 g/mol. The molecule has 0 saturated heterocycles. The second-order valence-electron chi connectivity index (χ2n) is 8.49. The second kappa shape index (κ2) is 8.56. The summed E-state index contributed by atoms with van der Waals surface area (Å²) in [4.78, 5) is 26.8. The minimum absolute atomic E-state index is 0.0998. The lowest BCUT2D eigenvalue weighted by Crippen LogP contribution is -2.34. The van der Waals surface area contributed by atoms with E-state index in [2.05, 4.69) is 5.32 Å². The van der Waals surface area contributed by atoms with E-state index in [1.807, 2.05) is 16.8 Å². The maximum Gasteiger partial charge on any atom is 0.261 e. The van der Waals surface area contributed by atoms with Crippen LogP contribution in [0.5, 0.6) is 0 Å². The zero-order valence-electron chi connectivity index (χ0n) is 18.0. The second-order valence-corrected chi connectivity index (χ2v) is 9.27. The standard InChI is InChI=1S/C26H22F2N2O2S/c1-15-22(25(31)29-24(17-8-9-17)18-4-2-5-19(27)12-18)20-6-3-7-21(28)23(20)26(32)30(15)13-16-10-11-33-14-16/h2-7,10-12,14,17,24H,8-9,13H2,1H3,(H,29,31)/t24-/m0/s1. The number of rotatable bonds is 6. The van der Waals surface area contributed by atoms with Crippen molar-refractivity contribution in [2.75, 3.05) is 0 Å². The minimum Gasteiger partial charge on any atom is -0.345 e. The molecule has 1 fully saturated rings. The predicted octanol–water partition coefficient (Wildman–Crippen LogP) is 5.58. The summed E-state index contributed by atoms with van der Waals surface area (Å²) in [7, 11) is 0. The average molecular weight is 465 g/mol. The SMILES string of the molecule is Cc1c(C(=O)N[C@H](c2cccc(F)c2)C2CC2)c2cccc(F)c2c(=O)n1Cc1ccsc1. The van der Waals surface area contributed by atoms with Gasteiger partial charge in [-0.2, -0.15) is 11.3 Å². The number of nitrogens with one attached hydrogen (secondary N) is 1. The van der Waals surface area contributed by atoms with E-state index in [0.29, 0.717) is 11.3 Å². The molecule has 2 aromatic heterocycles. The van der Waals surface area contributed by atoms with E-state index in [-0.39, 0.29) is 40.7 Å². The van der Waals surface area contributed by atoms with Gasteiger partial charge in [0, 0.05) is 11.1 Å². The summed E-state index contributed by atoms with van der Waals surface area (Å²) in [6.07, 6.45) is 1.88. The molecule has 1 N–H and O–H groups in total. The van der Waals surface area contributed by atoms with E-state index in [1.54, 1.807) is 25.1 Å². The lowest BCUT2D eigenvalue weighted by molar-refractivity contribution is 0.0931. The van der Waals surface area contributed by atoms with Crippen LogP contribution in [-0.2, 0) is 6.54 Å². The quantitative estimate of drug-likeness (QED) is 0.405. The topological polar surface area (TPSA) is 51.1 Å². The van der Waals surface area contributed by atoms with E-state index in [1.165, 1.54) is 40.2 Å². The summed E-state index contributed by atoms with van der Waals surface area (Å²) in [6, 6.07) is 12.1. The van der Waals surface area contributed by atoms with Crippen LogP contribution in [0, 0.1) is 24.5 Å². The van der Waals surface area contributed by atoms with Gasteiger partial charge in [0.2, 0.25) is 0 Å². The van der Waals surface area contributed by atoms with Gasteiger partial charge in [0.1, 0.15) is 11.6 Å². The molecule has 2 aromatic carbocycles. The normalized spacial score (nSPS) is 14.4. The maximum atomic E-state index is 14.8. The summed E-state index contributed by atoms with van der Waals surface area (Å²) in [5.41, 5.74) is 1.87. The number of halogens is 2. The number of carbonyl (C=O) groups is 1. The first-order valence-electron chi connectivity index (χ1n) is 10.8. The van der Waals surface area contributed by atoms with E-state index >= 15 is 0 Å². The van der Waals surface area contributed by atoms with Crippen molar-refractivity contribution in [1.82, 2.24) is 9.88 Å². The third-order valence-corrected chi connectivity index (χ3v) is 6.98. The Hall–Kier alpha value is -3.32. The van der Waals surface area contributed by atoms with Crippen LogP contribution in [-0.4, -0.2) is 10.5 Å². The zero-order chi connectivity index (χ0) is 23.1. The van der Waals surface area contributed by atoms with E-state index in [9.17, 15) is 18.4 Å². The van der Waals surface area contributed by atoms with Gasteiger partial charge in [-0.15, -0.1) is 0 Å². The molecule has 4 nitrogen and oxygen atoms in total. The Balaban J connectivity index is 1.62. The van der Waals surface area contributed by atoms with Crippen molar-refractivity contribution in [2.24, 2.45) is 5.92 Å². The molecule has 0 radical (unpaired) electrons. The number of thiophene rings is 1. The fourth-order valence-electron chi connectivity index (χ4n) is 4.43. The van der Waals surface area contributed by atoms with Gasteiger partial charge in [-0.1, -0.05) is 24.3 Å². The smallest absolute Gasteiger partial charge is 0.261 e. The van der Waals surface area contributed by atoms with Crippen molar-refractivity contribution in [3.8, 4) is 0 Å². The van der Waals surface area contributed by atoms with E-state index in [4.69, 9.17) is 0 Å². The Kier molecular flexibility index (Phi) is 5.58. The highest BCUT2D eigenvalue weighted by Gasteiger charge is 2.34. The number of amides is 1. The molecule has 1 atom stereocenters. The summed E-state index contributed by atoms with van der Waals surface area (Å²) in [6.45, 7) is 1.95. The highest BCUT2D eigenvalue weighted by atomic mass is 32.1. The average Bonchev–Trinajstić information content (AvgIpc) is 3.50. The molecule has 2 heterocycles. The first-order chi connectivity index (χ1) is 15.9. The van der Waals surface area contributed by atoms with Gasteiger partial charge in [0.15, 0.2) is 0 Å².